The number of nitrogens with zero attached hydrogens (tertiary/aromatic N) is 2. The highest BCUT2D eigenvalue weighted by Crippen LogP contribution is 2.27. The van der Waals surface area contributed by atoms with Gasteiger partial charge >= 0.3 is 12.4 Å². The first kappa shape index (κ1) is 25.9. The van der Waals surface area contributed by atoms with Crippen LogP contribution >= 0.6 is 11.3 Å². The molecule has 0 saturated heterocycles. The number of rotatable bonds is 3. The van der Waals surface area contributed by atoms with E-state index in [0.29, 0.717) is 31.0 Å². The summed E-state index contributed by atoms with van der Waals surface area (Å²) in [5.41, 5.74) is 2.07. The van der Waals surface area contributed by atoms with Crippen LogP contribution in [-0.4, -0.2) is 46.4 Å². The Labute approximate surface area is 197 Å². The van der Waals surface area contributed by atoms with Crippen LogP contribution in [0.4, 0.5) is 26.3 Å². The van der Waals surface area contributed by atoms with Gasteiger partial charge in [0, 0.05) is 5.56 Å². The minimum Gasteiger partial charge on any atom is -0.542 e. The van der Waals surface area contributed by atoms with Crippen LogP contribution in [0.1, 0.15) is 25.2 Å². The number of ketones is 1. The van der Waals surface area contributed by atoms with E-state index in [1.807, 2.05) is 36.5 Å². The molecule has 0 atom stereocenters. The Kier molecular flexibility index (Phi) is 7.33. The van der Waals surface area contributed by atoms with Crippen molar-refractivity contribution in [3.63, 3.8) is 0 Å². The van der Waals surface area contributed by atoms with Gasteiger partial charge < -0.3 is 14.8 Å². The lowest BCUT2D eigenvalue weighted by Gasteiger charge is -2.24. The minimum atomic E-state index is -5.19. The van der Waals surface area contributed by atoms with Crippen molar-refractivity contribution in [2.75, 3.05) is 6.54 Å². The molecule has 186 valence electrons. The van der Waals surface area contributed by atoms with Gasteiger partial charge in [0.15, 0.2) is 5.69 Å². The summed E-state index contributed by atoms with van der Waals surface area (Å²) in [4.78, 5) is 37.2. The molecule has 14 heteroatoms. The lowest BCUT2D eigenvalue weighted by molar-refractivity contribution is -0.699. The molecule has 1 aliphatic heterocycles. The molecule has 0 fully saturated rings. The lowest BCUT2D eigenvalue weighted by atomic mass is 10.1. The second kappa shape index (κ2) is 9.90. The number of carbonyl (C=O) groups is 3. The van der Waals surface area contributed by atoms with Crippen LogP contribution in [0.2, 0.25) is 0 Å². The number of carbonyl (C=O) groups excluding carboxylic acids is 3. The summed E-state index contributed by atoms with van der Waals surface area (Å²) >= 11 is 0.575. The Morgan fingerprint density at radius 2 is 1.54 bits per heavy atom. The van der Waals surface area contributed by atoms with Gasteiger partial charge in [-0.25, -0.2) is 9.55 Å². The number of fused-ring (bicyclic) bond motifs is 1. The van der Waals surface area contributed by atoms with Crippen molar-refractivity contribution in [3.8, 4) is 11.3 Å². The van der Waals surface area contributed by atoms with Gasteiger partial charge in [0.05, 0.1) is 16.3 Å². The Morgan fingerprint density at radius 3 is 2.11 bits per heavy atom. The second-order valence-electron chi connectivity index (χ2n) is 7.14. The first-order chi connectivity index (χ1) is 16.3. The SMILES string of the molecule is O=C([O-])C(F)(F)F.O=C(c1ccc(C(=O)C(F)(F)F)s1)N1CC[n+]2c(-c3ccccc3)c[nH]c2C1. The van der Waals surface area contributed by atoms with Crippen molar-refractivity contribution in [2.45, 2.75) is 25.4 Å². The van der Waals surface area contributed by atoms with Crippen LogP contribution in [0.5, 0.6) is 0 Å². The second-order valence-corrected chi connectivity index (χ2v) is 8.22. The van der Waals surface area contributed by atoms with Crippen LogP contribution in [0.25, 0.3) is 11.3 Å². The van der Waals surface area contributed by atoms with Crippen LogP contribution in [0, 0.1) is 0 Å². The highest BCUT2D eigenvalue weighted by molar-refractivity contribution is 7.16. The predicted octanol–water partition coefficient (Wildman–Crippen LogP) is 2.73. The van der Waals surface area contributed by atoms with Gasteiger partial charge in [-0.15, -0.1) is 11.3 Å². The van der Waals surface area contributed by atoms with Crippen molar-refractivity contribution in [2.24, 2.45) is 0 Å². The van der Waals surface area contributed by atoms with E-state index in [2.05, 4.69) is 9.55 Å². The number of aliphatic carboxylic acids is 1. The number of Topliss-reactive ketones (excluding diaryl/α,β-unsaturated/α-hetero) is 1. The third kappa shape index (κ3) is 6.07. The van der Waals surface area contributed by atoms with Crippen molar-refractivity contribution in [3.05, 3.63) is 64.2 Å². The molecule has 1 aliphatic rings. The normalized spacial score (nSPS) is 13.5. The van der Waals surface area contributed by atoms with Gasteiger partial charge in [0.25, 0.3) is 17.5 Å². The molecule has 0 spiro atoms. The number of aromatic nitrogens is 2. The number of hydrogen-bond acceptors (Lipinski definition) is 5. The number of thiophene rings is 1. The first-order valence-corrected chi connectivity index (χ1v) is 10.5. The average Bonchev–Trinajstić information content (AvgIpc) is 3.45. The molecule has 35 heavy (non-hydrogen) atoms. The molecular weight excluding hydrogens is 504 g/mol. The number of aromatic amines is 1. The summed E-state index contributed by atoms with van der Waals surface area (Å²) in [5.74, 6) is -4.48. The molecule has 0 radical (unpaired) electrons. The van der Waals surface area contributed by atoms with Crippen molar-refractivity contribution < 1.29 is 50.4 Å². The number of hydrogen-bond donors (Lipinski definition) is 1. The monoisotopic (exact) mass is 519 g/mol. The van der Waals surface area contributed by atoms with E-state index < -0.39 is 29.0 Å². The maximum atomic E-state index is 12.7. The zero-order chi connectivity index (χ0) is 26.0. The Balaban J connectivity index is 0.000000429. The quantitative estimate of drug-likeness (QED) is 0.327. The van der Waals surface area contributed by atoms with E-state index in [1.54, 1.807) is 4.90 Å². The van der Waals surface area contributed by atoms with Crippen LogP contribution in [0.3, 0.4) is 0 Å². The number of nitrogens with one attached hydrogen (secondary N) is 1. The number of benzene rings is 1. The maximum Gasteiger partial charge on any atom is 0.455 e. The topological polar surface area (TPSA) is 97.2 Å². The molecule has 1 N–H and O–H groups in total. The van der Waals surface area contributed by atoms with E-state index >= 15 is 0 Å². The molecule has 0 unspecified atom stereocenters. The Hall–Kier alpha value is -3.68. The molecule has 2 aromatic heterocycles. The fourth-order valence-corrected chi connectivity index (χ4v) is 4.15. The van der Waals surface area contributed by atoms with E-state index in [9.17, 15) is 35.9 Å². The third-order valence-electron chi connectivity index (χ3n) is 4.81. The largest absolute Gasteiger partial charge is 0.542 e. The third-order valence-corrected chi connectivity index (χ3v) is 5.88. The van der Waals surface area contributed by atoms with Gasteiger partial charge in [-0.1, -0.05) is 30.3 Å². The number of alkyl halides is 6. The fourth-order valence-electron chi connectivity index (χ4n) is 3.21. The zero-order valence-corrected chi connectivity index (χ0v) is 18.3. The fraction of sp³-hybridized carbons (Fsp3) is 0.238. The molecule has 0 saturated carbocycles. The summed E-state index contributed by atoms with van der Waals surface area (Å²) in [6, 6.07) is 12.2. The molecule has 0 bridgehead atoms. The molecule has 1 amide bonds. The number of halogens is 6. The first-order valence-electron chi connectivity index (χ1n) is 9.73. The molecule has 1 aromatic carbocycles. The number of carboxylic acid groups (broad SMARTS) is 1. The van der Waals surface area contributed by atoms with Gasteiger partial charge in [-0.3, -0.25) is 9.59 Å². The van der Waals surface area contributed by atoms with Gasteiger partial charge in [-0.05, 0) is 12.1 Å². The minimum absolute atomic E-state index is 0.121. The van der Waals surface area contributed by atoms with Crippen LogP contribution < -0.4 is 9.67 Å². The molecule has 7 nitrogen and oxygen atoms in total. The van der Waals surface area contributed by atoms with E-state index in [4.69, 9.17) is 9.90 Å². The average molecular weight is 519 g/mol. The van der Waals surface area contributed by atoms with Crippen molar-refractivity contribution in [1.29, 1.82) is 0 Å². The molecular formula is C21H15F6N3O4S. The number of H-pyrrole nitrogens is 1. The maximum absolute atomic E-state index is 12.7. The van der Waals surface area contributed by atoms with E-state index in [1.165, 1.54) is 6.07 Å². The summed E-state index contributed by atoms with van der Waals surface area (Å²) in [5, 5.41) is 8.78. The Morgan fingerprint density at radius 1 is 0.943 bits per heavy atom. The van der Waals surface area contributed by atoms with Gasteiger partial charge in [0.2, 0.25) is 0 Å². The lowest BCUT2D eigenvalue weighted by Crippen LogP contribution is -2.51. The van der Waals surface area contributed by atoms with E-state index in [0.717, 1.165) is 23.1 Å². The summed E-state index contributed by atoms with van der Waals surface area (Å²) in [6.45, 7) is 1.30. The molecule has 3 aromatic rings. The highest BCUT2D eigenvalue weighted by atomic mass is 32.1. The smallest absolute Gasteiger partial charge is 0.455 e. The number of imidazole rings is 1. The molecule has 3 heterocycles. The highest BCUT2D eigenvalue weighted by Gasteiger charge is 2.40. The van der Waals surface area contributed by atoms with E-state index in [-0.39, 0.29) is 10.8 Å². The summed E-state index contributed by atoms with van der Waals surface area (Å²) in [7, 11) is 0. The molecule has 0 aliphatic carbocycles. The van der Waals surface area contributed by atoms with Crippen molar-refractivity contribution in [1.82, 2.24) is 9.88 Å². The summed E-state index contributed by atoms with van der Waals surface area (Å²) in [6.07, 6.45) is -8.26. The van der Waals surface area contributed by atoms with Crippen molar-refractivity contribution >= 4 is 29.0 Å². The van der Waals surface area contributed by atoms with Gasteiger partial charge in [-0.2, -0.15) is 26.3 Å². The standard InChI is InChI=1S/C19H14F3N3O2S.C2HF3O2/c20-19(21,22)17(26)14-6-7-15(28-14)18(27)24-8-9-25-13(10-23-16(25)11-24)12-4-2-1-3-5-12;3-2(4,5)1(6)7/h1-7,10H,8-9,11H2;(H,6,7). The predicted molar refractivity (Wildman–Crippen MR) is 107 cm³/mol. The van der Waals surface area contributed by atoms with Gasteiger partial charge in [0.1, 0.15) is 25.3 Å². The van der Waals surface area contributed by atoms with Crippen LogP contribution in [-0.2, 0) is 17.9 Å². The molecule has 4 rings (SSSR count). The Bertz CT molecular complexity index is 1230. The zero-order valence-electron chi connectivity index (χ0n) is 17.4. The summed E-state index contributed by atoms with van der Waals surface area (Å²) < 4.78 is 71.3. The number of amides is 1. The number of carboxylic acids is 1. The van der Waals surface area contributed by atoms with Crippen LogP contribution in [0.15, 0.2) is 48.7 Å².